The highest BCUT2D eigenvalue weighted by atomic mass is 32.2. The van der Waals surface area contributed by atoms with E-state index in [-0.39, 0.29) is 22.8 Å². The van der Waals surface area contributed by atoms with Gasteiger partial charge in [0.25, 0.3) is 5.56 Å². The average Bonchev–Trinajstić information content (AvgIpc) is 2.83. The molecular formula is C19H25N3O3S. The highest BCUT2D eigenvalue weighted by Gasteiger charge is 2.32. The van der Waals surface area contributed by atoms with E-state index in [1.165, 1.54) is 11.8 Å². The molecule has 0 unspecified atom stereocenters. The maximum atomic E-state index is 12.8. The van der Waals surface area contributed by atoms with Crippen molar-refractivity contribution in [1.82, 2.24) is 9.78 Å². The third-order valence-electron chi connectivity index (χ3n) is 4.51. The molecule has 140 valence electrons. The second-order valence-corrected chi connectivity index (χ2v) is 7.51. The maximum Gasteiger partial charge on any atom is 0.270 e. The van der Waals surface area contributed by atoms with E-state index in [4.69, 9.17) is 4.74 Å². The van der Waals surface area contributed by atoms with Crippen molar-refractivity contribution in [2.75, 3.05) is 17.7 Å². The number of aromatic nitrogens is 2. The van der Waals surface area contributed by atoms with Crippen LogP contribution < -0.4 is 15.6 Å². The summed E-state index contributed by atoms with van der Waals surface area (Å²) in [6.07, 6.45) is 1.91. The van der Waals surface area contributed by atoms with Crippen molar-refractivity contribution in [3.8, 4) is 5.75 Å². The summed E-state index contributed by atoms with van der Waals surface area (Å²) in [5.41, 5.74) is 1.36. The summed E-state index contributed by atoms with van der Waals surface area (Å²) < 4.78 is 7.57. The number of ether oxygens (including phenoxy) is 1. The van der Waals surface area contributed by atoms with Gasteiger partial charge in [-0.1, -0.05) is 31.5 Å². The van der Waals surface area contributed by atoms with Crippen molar-refractivity contribution in [3.63, 3.8) is 0 Å². The molecule has 26 heavy (non-hydrogen) atoms. The number of nitrogens with one attached hydrogen (secondary N) is 2. The second-order valence-electron chi connectivity index (χ2n) is 6.42. The summed E-state index contributed by atoms with van der Waals surface area (Å²) >= 11 is 1.46. The lowest BCUT2D eigenvalue weighted by molar-refractivity contribution is -0.113. The van der Waals surface area contributed by atoms with E-state index in [2.05, 4.69) is 17.3 Å². The molecule has 6 nitrogen and oxygen atoms in total. The van der Waals surface area contributed by atoms with Crippen LogP contribution in [0.5, 0.6) is 5.75 Å². The van der Waals surface area contributed by atoms with E-state index in [0.29, 0.717) is 23.7 Å². The van der Waals surface area contributed by atoms with Crippen molar-refractivity contribution in [2.24, 2.45) is 0 Å². The molecule has 2 heterocycles. The number of H-pyrrole nitrogens is 1. The lowest BCUT2D eigenvalue weighted by Gasteiger charge is -2.18. The molecule has 2 N–H and O–H groups in total. The monoisotopic (exact) mass is 375 g/mol. The SMILES string of the molecule is CCC[C@H](C)n1[nH]c(=O)c2c1NC(=O)CS[C@H]2c1ccccc1OCC. The summed E-state index contributed by atoms with van der Waals surface area (Å²) in [5.74, 6) is 1.54. The number of nitrogens with zero attached hydrogens (tertiary/aromatic N) is 1. The summed E-state index contributed by atoms with van der Waals surface area (Å²) in [6.45, 7) is 6.63. The number of aromatic amines is 1. The van der Waals surface area contributed by atoms with Crippen LogP contribution in [0.1, 0.15) is 56.0 Å². The summed E-state index contributed by atoms with van der Waals surface area (Å²) in [7, 11) is 0. The molecule has 0 aliphatic carbocycles. The number of benzene rings is 1. The van der Waals surface area contributed by atoms with Crippen LogP contribution in [0.4, 0.5) is 5.82 Å². The Bertz CT molecular complexity index is 843. The Balaban J connectivity index is 2.14. The molecule has 2 aromatic rings. The molecular weight excluding hydrogens is 350 g/mol. The van der Waals surface area contributed by atoms with Gasteiger partial charge in [-0.05, 0) is 26.3 Å². The van der Waals surface area contributed by atoms with Gasteiger partial charge in [0.1, 0.15) is 11.6 Å². The third-order valence-corrected chi connectivity index (χ3v) is 5.76. The first-order chi connectivity index (χ1) is 12.6. The van der Waals surface area contributed by atoms with Gasteiger partial charge >= 0.3 is 0 Å². The highest BCUT2D eigenvalue weighted by Crippen LogP contribution is 2.43. The predicted octanol–water partition coefficient (Wildman–Crippen LogP) is 3.71. The zero-order chi connectivity index (χ0) is 18.7. The van der Waals surface area contributed by atoms with Crippen molar-refractivity contribution < 1.29 is 9.53 Å². The minimum Gasteiger partial charge on any atom is -0.494 e. The lowest BCUT2D eigenvalue weighted by atomic mass is 10.0. The number of fused-ring (bicyclic) bond motifs is 1. The Morgan fingerprint density at radius 3 is 2.81 bits per heavy atom. The molecule has 0 saturated heterocycles. The van der Waals surface area contributed by atoms with E-state index >= 15 is 0 Å². The Hall–Kier alpha value is -2.15. The van der Waals surface area contributed by atoms with Crippen LogP contribution in [0.3, 0.4) is 0 Å². The number of carbonyl (C=O) groups is 1. The van der Waals surface area contributed by atoms with Gasteiger partial charge in [-0.25, -0.2) is 0 Å². The fraction of sp³-hybridized carbons (Fsp3) is 0.474. The van der Waals surface area contributed by atoms with Crippen molar-refractivity contribution >= 4 is 23.5 Å². The number of thioether (sulfide) groups is 1. The van der Waals surface area contributed by atoms with Crippen LogP contribution in [0.15, 0.2) is 29.1 Å². The molecule has 0 saturated carbocycles. The number of anilines is 1. The lowest BCUT2D eigenvalue weighted by Crippen LogP contribution is -2.18. The second kappa shape index (κ2) is 8.03. The van der Waals surface area contributed by atoms with Gasteiger partial charge in [-0.15, -0.1) is 11.8 Å². The molecule has 2 atom stereocenters. The van der Waals surface area contributed by atoms with Gasteiger partial charge in [0.15, 0.2) is 0 Å². The minimum absolute atomic E-state index is 0.0934. The topological polar surface area (TPSA) is 76.1 Å². The molecule has 1 amide bonds. The zero-order valence-corrected chi connectivity index (χ0v) is 16.2. The highest BCUT2D eigenvalue weighted by molar-refractivity contribution is 8.00. The Morgan fingerprint density at radius 2 is 2.08 bits per heavy atom. The first-order valence-corrected chi connectivity index (χ1v) is 10.1. The van der Waals surface area contributed by atoms with Gasteiger partial charge in [0.05, 0.1) is 23.2 Å². The fourth-order valence-electron chi connectivity index (χ4n) is 3.35. The van der Waals surface area contributed by atoms with E-state index in [1.807, 2.05) is 38.1 Å². The van der Waals surface area contributed by atoms with Crippen molar-refractivity contribution in [2.45, 2.75) is 44.9 Å². The van der Waals surface area contributed by atoms with Gasteiger partial charge < -0.3 is 10.1 Å². The largest absolute Gasteiger partial charge is 0.494 e. The first-order valence-electron chi connectivity index (χ1n) is 9.04. The molecule has 0 radical (unpaired) electrons. The standard InChI is InChI=1S/C19H25N3O3S/c1-4-8-12(3)22-18-16(19(24)21-22)17(26-11-15(23)20-18)13-9-6-7-10-14(13)25-5-2/h6-7,9-10,12,17H,4-5,8,11H2,1-3H3,(H,20,23)(H,21,24)/t12-,17-/m0/s1. The Morgan fingerprint density at radius 1 is 1.31 bits per heavy atom. The van der Waals surface area contributed by atoms with Crippen molar-refractivity contribution in [3.05, 3.63) is 45.7 Å². The average molecular weight is 375 g/mol. The molecule has 0 fully saturated rings. The molecule has 0 bridgehead atoms. The minimum atomic E-state index is -0.259. The number of hydrogen-bond donors (Lipinski definition) is 2. The van der Waals surface area contributed by atoms with Gasteiger partial charge in [0, 0.05) is 11.6 Å². The van der Waals surface area contributed by atoms with Crippen LogP contribution in [0.2, 0.25) is 0 Å². The molecule has 1 aromatic carbocycles. The van der Waals surface area contributed by atoms with Gasteiger partial charge in [-0.3, -0.25) is 19.4 Å². The predicted molar refractivity (Wildman–Crippen MR) is 105 cm³/mol. The van der Waals surface area contributed by atoms with E-state index in [9.17, 15) is 9.59 Å². The fourth-order valence-corrected chi connectivity index (χ4v) is 4.50. The molecule has 1 aromatic heterocycles. The van der Waals surface area contributed by atoms with Crippen LogP contribution in [0, 0.1) is 0 Å². The van der Waals surface area contributed by atoms with Crippen LogP contribution >= 0.6 is 11.8 Å². The Labute approximate surface area is 157 Å². The molecule has 1 aliphatic rings. The number of rotatable bonds is 6. The van der Waals surface area contributed by atoms with E-state index in [0.717, 1.165) is 24.2 Å². The first kappa shape index (κ1) is 18.6. The van der Waals surface area contributed by atoms with Crippen LogP contribution in [-0.4, -0.2) is 28.0 Å². The van der Waals surface area contributed by atoms with E-state index < -0.39 is 0 Å². The van der Waals surface area contributed by atoms with Crippen molar-refractivity contribution in [1.29, 1.82) is 0 Å². The van der Waals surface area contributed by atoms with Gasteiger partial charge in [0.2, 0.25) is 5.91 Å². The zero-order valence-electron chi connectivity index (χ0n) is 15.4. The van der Waals surface area contributed by atoms with E-state index in [1.54, 1.807) is 4.68 Å². The summed E-state index contributed by atoms with van der Waals surface area (Å²) in [4.78, 5) is 25.1. The normalized spacial score (nSPS) is 18.0. The smallest absolute Gasteiger partial charge is 0.270 e. The third kappa shape index (κ3) is 3.53. The number of carbonyl (C=O) groups excluding carboxylic acids is 1. The molecule has 7 heteroatoms. The quantitative estimate of drug-likeness (QED) is 0.807. The maximum absolute atomic E-state index is 12.8. The number of hydrogen-bond acceptors (Lipinski definition) is 4. The number of amides is 1. The van der Waals surface area contributed by atoms with Crippen LogP contribution in [-0.2, 0) is 4.79 Å². The summed E-state index contributed by atoms with van der Waals surface area (Å²) in [6, 6.07) is 7.82. The summed E-state index contributed by atoms with van der Waals surface area (Å²) in [5, 5.41) is 5.61. The van der Waals surface area contributed by atoms with Crippen LogP contribution in [0.25, 0.3) is 0 Å². The number of para-hydroxylation sites is 1. The molecule has 0 spiro atoms. The molecule has 3 rings (SSSR count). The Kier molecular flexibility index (Phi) is 5.76. The molecule has 1 aliphatic heterocycles. The van der Waals surface area contributed by atoms with Gasteiger partial charge in [-0.2, -0.15) is 0 Å².